The van der Waals surface area contributed by atoms with Crippen molar-refractivity contribution in [3.63, 3.8) is 0 Å². The number of anilines is 1. The number of hydrogen-bond acceptors (Lipinski definition) is 3. The fourth-order valence-electron chi connectivity index (χ4n) is 2.22. The zero-order valence-corrected chi connectivity index (χ0v) is 9.87. The topological polar surface area (TPSA) is 32.7 Å². The summed E-state index contributed by atoms with van der Waals surface area (Å²) in [6.07, 6.45) is 2.60. The fourth-order valence-corrected chi connectivity index (χ4v) is 2.54. The van der Waals surface area contributed by atoms with Crippen LogP contribution in [-0.4, -0.2) is 26.2 Å². The number of hydrogen-bond donors (Lipinski definition) is 0. The molecule has 0 spiro atoms. The van der Waals surface area contributed by atoms with Gasteiger partial charge in [-0.2, -0.15) is 0 Å². The Morgan fingerprint density at radius 1 is 1.62 bits per heavy atom. The lowest BCUT2D eigenvalue weighted by Crippen LogP contribution is -2.28. The van der Waals surface area contributed by atoms with E-state index in [9.17, 15) is 4.79 Å². The minimum absolute atomic E-state index is 0.284. The van der Waals surface area contributed by atoms with Crippen molar-refractivity contribution in [2.75, 3.05) is 25.0 Å². The quantitative estimate of drug-likeness (QED) is 0.584. The molecule has 0 bridgehead atoms. The second-order valence-corrected chi connectivity index (χ2v) is 4.42. The van der Waals surface area contributed by atoms with Crippen molar-refractivity contribution in [2.45, 2.75) is 12.3 Å². The number of aliphatic imine (C=N–C) groups is 1. The van der Waals surface area contributed by atoms with E-state index in [1.807, 2.05) is 19.2 Å². The average molecular weight is 237 g/mol. The van der Waals surface area contributed by atoms with Crippen LogP contribution in [0.1, 0.15) is 17.9 Å². The van der Waals surface area contributed by atoms with E-state index >= 15 is 0 Å². The van der Waals surface area contributed by atoms with Gasteiger partial charge >= 0.3 is 0 Å². The molecule has 0 saturated heterocycles. The summed E-state index contributed by atoms with van der Waals surface area (Å²) >= 11 is 6.19. The first-order valence-corrected chi connectivity index (χ1v) is 5.65. The van der Waals surface area contributed by atoms with Crippen molar-refractivity contribution in [2.24, 2.45) is 4.99 Å². The monoisotopic (exact) mass is 236 g/mol. The van der Waals surface area contributed by atoms with Crippen LogP contribution in [0.2, 0.25) is 5.02 Å². The summed E-state index contributed by atoms with van der Waals surface area (Å²) < 4.78 is 0. The first-order chi connectivity index (χ1) is 7.74. The van der Waals surface area contributed by atoms with Crippen LogP contribution < -0.4 is 4.90 Å². The van der Waals surface area contributed by atoms with E-state index in [-0.39, 0.29) is 5.92 Å². The van der Waals surface area contributed by atoms with Crippen molar-refractivity contribution >= 4 is 23.4 Å². The Labute approximate surface area is 99.7 Å². The molecule has 0 saturated carbocycles. The Kier molecular flexibility index (Phi) is 3.28. The number of halogens is 1. The number of rotatable bonds is 2. The van der Waals surface area contributed by atoms with E-state index in [0.29, 0.717) is 6.54 Å². The van der Waals surface area contributed by atoms with Gasteiger partial charge in [-0.1, -0.05) is 23.7 Å². The number of benzene rings is 1. The van der Waals surface area contributed by atoms with Crippen LogP contribution in [0.4, 0.5) is 5.69 Å². The third-order valence-electron chi connectivity index (χ3n) is 3.03. The summed E-state index contributed by atoms with van der Waals surface area (Å²) in [6, 6.07) is 5.89. The maximum absolute atomic E-state index is 10.2. The first-order valence-electron chi connectivity index (χ1n) is 5.27. The number of isocyanates is 1. The maximum Gasteiger partial charge on any atom is 0.234 e. The van der Waals surface area contributed by atoms with E-state index in [2.05, 4.69) is 16.0 Å². The second-order valence-electron chi connectivity index (χ2n) is 4.02. The molecule has 84 valence electrons. The molecule has 1 heterocycles. The number of fused-ring (bicyclic) bond motifs is 1. The predicted molar refractivity (Wildman–Crippen MR) is 65.1 cm³/mol. The van der Waals surface area contributed by atoms with Crippen LogP contribution in [-0.2, 0) is 4.79 Å². The zero-order chi connectivity index (χ0) is 11.5. The Bertz CT molecular complexity index is 441. The molecule has 1 aromatic rings. The Hall–Kier alpha value is -1.31. The van der Waals surface area contributed by atoms with Gasteiger partial charge in [0.2, 0.25) is 6.08 Å². The molecule has 1 aromatic carbocycles. The molecule has 0 amide bonds. The molecule has 0 aliphatic carbocycles. The standard InChI is InChI=1S/C12H13ClN2O/c1-15-6-5-9(7-14-8-16)10-3-2-4-11(13)12(10)15/h2-4,9H,5-7H2,1H3. The van der Waals surface area contributed by atoms with Crippen LogP contribution in [0.25, 0.3) is 0 Å². The third-order valence-corrected chi connectivity index (χ3v) is 3.33. The van der Waals surface area contributed by atoms with Crippen molar-refractivity contribution in [1.82, 2.24) is 0 Å². The van der Waals surface area contributed by atoms with Gasteiger partial charge in [0, 0.05) is 19.5 Å². The summed E-state index contributed by atoms with van der Waals surface area (Å²) in [4.78, 5) is 16.0. The van der Waals surface area contributed by atoms with Gasteiger partial charge < -0.3 is 4.90 Å². The summed E-state index contributed by atoms with van der Waals surface area (Å²) in [5.41, 5.74) is 2.25. The number of para-hydroxylation sites is 1. The van der Waals surface area contributed by atoms with Crippen molar-refractivity contribution in [1.29, 1.82) is 0 Å². The van der Waals surface area contributed by atoms with Crippen LogP contribution in [0.15, 0.2) is 23.2 Å². The highest BCUT2D eigenvalue weighted by Gasteiger charge is 2.24. The van der Waals surface area contributed by atoms with E-state index in [1.165, 1.54) is 5.56 Å². The van der Waals surface area contributed by atoms with Gasteiger partial charge in [-0.15, -0.1) is 0 Å². The first kappa shape index (κ1) is 11.2. The van der Waals surface area contributed by atoms with E-state index in [0.717, 1.165) is 23.7 Å². The zero-order valence-electron chi connectivity index (χ0n) is 9.11. The van der Waals surface area contributed by atoms with Crippen molar-refractivity contribution in [3.05, 3.63) is 28.8 Å². The molecule has 16 heavy (non-hydrogen) atoms. The highest BCUT2D eigenvalue weighted by molar-refractivity contribution is 6.33. The molecular weight excluding hydrogens is 224 g/mol. The minimum Gasteiger partial charge on any atom is -0.373 e. The van der Waals surface area contributed by atoms with Gasteiger partial charge in [-0.05, 0) is 18.1 Å². The molecule has 0 N–H and O–H groups in total. The molecule has 1 aliphatic rings. The van der Waals surface area contributed by atoms with E-state index in [4.69, 9.17) is 11.6 Å². The van der Waals surface area contributed by atoms with Gasteiger partial charge in [0.1, 0.15) is 0 Å². The number of carbonyl (C=O) groups excluding carboxylic acids is 1. The molecular formula is C12H13ClN2O. The highest BCUT2D eigenvalue weighted by Crippen LogP contribution is 2.39. The van der Waals surface area contributed by atoms with E-state index in [1.54, 1.807) is 6.08 Å². The van der Waals surface area contributed by atoms with Gasteiger partial charge in [0.15, 0.2) is 0 Å². The fraction of sp³-hybridized carbons (Fsp3) is 0.417. The Morgan fingerprint density at radius 2 is 2.44 bits per heavy atom. The van der Waals surface area contributed by atoms with Crippen molar-refractivity contribution in [3.8, 4) is 0 Å². The van der Waals surface area contributed by atoms with Crippen LogP contribution in [0.5, 0.6) is 0 Å². The summed E-state index contributed by atoms with van der Waals surface area (Å²) in [6.45, 7) is 1.44. The van der Waals surface area contributed by atoms with Gasteiger partial charge in [-0.3, -0.25) is 0 Å². The smallest absolute Gasteiger partial charge is 0.234 e. The molecule has 1 atom stereocenters. The Balaban J connectivity index is 2.40. The summed E-state index contributed by atoms with van der Waals surface area (Å²) in [7, 11) is 2.03. The summed E-state index contributed by atoms with van der Waals surface area (Å²) in [5.74, 6) is 0.284. The minimum atomic E-state index is 0.284. The maximum atomic E-state index is 10.2. The lowest BCUT2D eigenvalue weighted by atomic mass is 9.90. The van der Waals surface area contributed by atoms with Crippen LogP contribution >= 0.6 is 11.6 Å². The third kappa shape index (κ3) is 1.97. The van der Waals surface area contributed by atoms with Crippen LogP contribution in [0, 0.1) is 0 Å². The molecule has 4 heteroatoms. The second kappa shape index (κ2) is 4.69. The predicted octanol–water partition coefficient (Wildman–Crippen LogP) is 2.60. The largest absolute Gasteiger partial charge is 0.373 e. The molecule has 0 aromatic heterocycles. The van der Waals surface area contributed by atoms with Gasteiger partial charge in [0.05, 0.1) is 17.3 Å². The number of nitrogens with zero attached hydrogens (tertiary/aromatic N) is 2. The molecule has 0 radical (unpaired) electrons. The lowest BCUT2D eigenvalue weighted by Gasteiger charge is -2.33. The summed E-state index contributed by atoms with van der Waals surface area (Å²) in [5, 5.41) is 0.764. The highest BCUT2D eigenvalue weighted by atomic mass is 35.5. The molecule has 3 nitrogen and oxygen atoms in total. The normalized spacial score (nSPS) is 18.9. The average Bonchev–Trinajstić information content (AvgIpc) is 2.28. The van der Waals surface area contributed by atoms with Gasteiger partial charge in [-0.25, -0.2) is 9.79 Å². The molecule has 1 unspecified atom stereocenters. The molecule has 0 fully saturated rings. The van der Waals surface area contributed by atoms with E-state index < -0.39 is 0 Å². The van der Waals surface area contributed by atoms with Crippen molar-refractivity contribution < 1.29 is 4.79 Å². The lowest BCUT2D eigenvalue weighted by molar-refractivity contribution is 0.555. The molecule has 1 aliphatic heterocycles. The van der Waals surface area contributed by atoms with Crippen LogP contribution in [0.3, 0.4) is 0 Å². The SMILES string of the molecule is CN1CCC(CN=C=O)c2cccc(Cl)c21. The van der Waals surface area contributed by atoms with Gasteiger partial charge in [0.25, 0.3) is 0 Å². The Morgan fingerprint density at radius 3 is 3.19 bits per heavy atom. The molecule has 2 rings (SSSR count).